The summed E-state index contributed by atoms with van der Waals surface area (Å²) < 4.78 is 5.90. The van der Waals surface area contributed by atoms with Crippen LogP contribution in [0.5, 0.6) is 0 Å². The highest BCUT2D eigenvalue weighted by Crippen LogP contribution is 2.46. The Bertz CT molecular complexity index is 375. The second kappa shape index (κ2) is 6.11. The maximum absolute atomic E-state index is 12.3. The van der Waals surface area contributed by atoms with Crippen LogP contribution in [0.25, 0.3) is 0 Å². The Hall–Kier alpha value is 0.160. The zero-order valence-electron chi connectivity index (χ0n) is 12.5. The summed E-state index contributed by atoms with van der Waals surface area (Å²) in [6.45, 7) is 2.37. The second-order valence-corrected chi connectivity index (χ2v) is 8.66. The Kier molecular flexibility index (Phi) is 4.60. The van der Waals surface area contributed by atoms with Crippen LogP contribution in [0.3, 0.4) is 0 Å². The number of halogens is 1. The predicted octanol–water partition coefficient (Wildman–Crippen LogP) is 3.16. The van der Waals surface area contributed by atoms with Crippen molar-refractivity contribution in [1.29, 1.82) is 0 Å². The average Bonchev–Trinajstić information content (AvgIpc) is 2.82. The van der Waals surface area contributed by atoms with Crippen molar-refractivity contribution >= 4 is 28.6 Å². The summed E-state index contributed by atoms with van der Waals surface area (Å²) in [4.78, 5) is 12.3. The Labute approximate surface area is 135 Å². The molecule has 1 N–H and O–H groups in total. The lowest BCUT2D eigenvalue weighted by Gasteiger charge is -2.43. The molecule has 2 saturated heterocycles. The molecule has 0 radical (unpaired) electrons. The molecule has 7 atom stereocenters. The first-order valence-electron chi connectivity index (χ1n) is 8.08. The molecule has 3 aliphatic rings. The summed E-state index contributed by atoms with van der Waals surface area (Å²) in [6, 6.07) is 1.02. The van der Waals surface area contributed by atoms with Gasteiger partial charge >= 0.3 is 5.97 Å². The van der Waals surface area contributed by atoms with Gasteiger partial charge in [-0.25, -0.2) is 0 Å². The fourth-order valence-electron chi connectivity index (χ4n) is 4.74. The van der Waals surface area contributed by atoms with Gasteiger partial charge in [0.25, 0.3) is 0 Å². The molecule has 0 aromatic carbocycles. The summed E-state index contributed by atoms with van der Waals surface area (Å²) in [7, 11) is 1.55. The smallest absolute Gasteiger partial charge is 0.310 e. The molecule has 2 bridgehead atoms. The number of piperidine rings is 1. The first-order valence-corrected chi connectivity index (χ1v) is 9.32. The highest BCUT2D eigenvalue weighted by atomic mass is 127. The quantitative estimate of drug-likeness (QED) is 0.447. The van der Waals surface area contributed by atoms with Gasteiger partial charge in [0.2, 0.25) is 0 Å². The van der Waals surface area contributed by atoms with Gasteiger partial charge in [0, 0.05) is 16.0 Å². The van der Waals surface area contributed by atoms with E-state index in [1.165, 1.54) is 32.1 Å². The number of carbonyl (C=O) groups is 1. The van der Waals surface area contributed by atoms with Crippen LogP contribution in [-0.2, 0) is 9.53 Å². The number of esters is 1. The zero-order valence-corrected chi connectivity index (χ0v) is 14.6. The number of fused-ring (bicyclic) bond motifs is 2. The molecule has 114 valence electrons. The van der Waals surface area contributed by atoms with Crippen LogP contribution in [0.2, 0.25) is 0 Å². The van der Waals surface area contributed by atoms with Crippen molar-refractivity contribution in [2.45, 2.75) is 61.5 Å². The van der Waals surface area contributed by atoms with Gasteiger partial charge in [-0.3, -0.25) is 4.79 Å². The van der Waals surface area contributed by atoms with Gasteiger partial charge in [0.15, 0.2) is 0 Å². The number of alkyl halides is 1. The van der Waals surface area contributed by atoms with Crippen LogP contribution < -0.4 is 5.32 Å². The lowest BCUT2D eigenvalue weighted by Crippen LogP contribution is -2.51. The first-order chi connectivity index (χ1) is 9.60. The molecule has 1 aliphatic carbocycles. The molecule has 0 spiro atoms. The van der Waals surface area contributed by atoms with E-state index < -0.39 is 0 Å². The van der Waals surface area contributed by atoms with E-state index in [9.17, 15) is 4.79 Å². The monoisotopic (exact) mass is 391 g/mol. The van der Waals surface area contributed by atoms with Crippen LogP contribution in [0, 0.1) is 23.7 Å². The topological polar surface area (TPSA) is 38.3 Å². The van der Waals surface area contributed by atoms with Crippen molar-refractivity contribution in [3.8, 4) is 0 Å². The fourth-order valence-corrected chi connectivity index (χ4v) is 5.75. The van der Waals surface area contributed by atoms with E-state index >= 15 is 0 Å². The molecule has 3 rings (SSSR count). The Balaban J connectivity index is 1.77. The maximum atomic E-state index is 12.3. The molecule has 1 saturated carbocycles. The highest BCUT2D eigenvalue weighted by Gasteiger charge is 2.49. The summed E-state index contributed by atoms with van der Waals surface area (Å²) in [6.07, 6.45) is 7.49. The number of ether oxygens (including phenoxy) is 1. The zero-order chi connectivity index (χ0) is 14.3. The molecule has 0 amide bonds. The number of methoxy groups -OCH3 is 1. The molecule has 0 aromatic heterocycles. The fraction of sp³-hybridized carbons (Fsp3) is 0.938. The van der Waals surface area contributed by atoms with Crippen molar-refractivity contribution in [2.24, 2.45) is 23.7 Å². The van der Waals surface area contributed by atoms with Gasteiger partial charge in [-0.2, -0.15) is 0 Å². The third-order valence-corrected chi connectivity index (χ3v) is 7.68. The summed E-state index contributed by atoms with van der Waals surface area (Å²) in [5.74, 6) is 2.23. The highest BCUT2D eigenvalue weighted by molar-refractivity contribution is 14.1. The van der Waals surface area contributed by atoms with Crippen molar-refractivity contribution in [3.63, 3.8) is 0 Å². The molecule has 2 aliphatic heterocycles. The van der Waals surface area contributed by atoms with E-state index in [4.69, 9.17) is 4.74 Å². The summed E-state index contributed by atoms with van der Waals surface area (Å²) in [5, 5.41) is 3.64. The lowest BCUT2D eigenvalue weighted by atomic mass is 9.67. The van der Waals surface area contributed by atoms with Gasteiger partial charge in [0.05, 0.1) is 13.0 Å². The van der Waals surface area contributed by atoms with Crippen LogP contribution in [-0.4, -0.2) is 29.1 Å². The molecule has 0 aromatic rings. The minimum atomic E-state index is 0.0245. The van der Waals surface area contributed by atoms with Gasteiger partial charge < -0.3 is 10.1 Å². The SMILES string of the molecule is COC(=O)C1C2CC[C@H](C[C@@H]1C1CCC(C)C(I)C1)N2. The molecule has 2 heterocycles. The maximum Gasteiger partial charge on any atom is 0.310 e. The number of hydrogen-bond acceptors (Lipinski definition) is 3. The van der Waals surface area contributed by atoms with Crippen LogP contribution in [0.15, 0.2) is 0 Å². The lowest BCUT2D eigenvalue weighted by molar-refractivity contribution is -0.151. The van der Waals surface area contributed by atoms with Crippen molar-refractivity contribution in [2.75, 3.05) is 7.11 Å². The standard InChI is InChI=1S/C16H26INO2/c1-9-3-4-10(7-13(9)17)12-8-11-5-6-14(18-11)15(12)16(19)20-2/h9-15,18H,3-8H2,1-2H3/t9?,10?,11-,12-,13?,14?,15?/m1/s1. The third kappa shape index (κ3) is 2.74. The third-order valence-electron chi connectivity index (χ3n) is 5.94. The van der Waals surface area contributed by atoms with E-state index in [1.807, 2.05) is 0 Å². The Morgan fingerprint density at radius 2 is 2.00 bits per heavy atom. The molecular weight excluding hydrogens is 365 g/mol. The number of carbonyl (C=O) groups excluding carboxylic acids is 1. The molecule has 4 heteroatoms. The minimum Gasteiger partial charge on any atom is -0.469 e. The Morgan fingerprint density at radius 1 is 1.20 bits per heavy atom. The van der Waals surface area contributed by atoms with E-state index in [-0.39, 0.29) is 11.9 Å². The van der Waals surface area contributed by atoms with Crippen molar-refractivity contribution in [1.82, 2.24) is 5.32 Å². The van der Waals surface area contributed by atoms with Gasteiger partial charge in [-0.15, -0.1) is 0 Å². The molecule has 3 fully saturated rings. The van der Waals surface area contributed by atoms with Crippen molar-refractivity contribution < 1.29 is 9.53 Å². The molecule has 20 heavy (non-hydrogen) atoms. The first kappa shape index (κ1) is 15.1. The second-order valence-electron chi connectivity index (χ2n) is 7.06. The molecule has 3 nitrogen and oxygen atoms in total. The van der Waals surface area contributed by atoms with Gasteiger partial charge in [0.1, 0.15) is 0 Å². The van der Waals surface area contributed by atoms with E-state index in [2.05, 4.69) is 34.8 Å². The van der Waals surface area contributed by atoms with E-state index in [0.717, 1.165) is 22.2 Å². The van der Waals surface area contributed by atoms with E-state index in [0.29, 0.717) is 18.0 Å². The van der Waals surface area contributed by atoms with Gasteiger partial charge in [-0.1, -0.05) is 29.5 Å². The Morgan fingerprint density at radius 3 is 2.70 bits per heavy atom. The number of rotatable bonds is 2. The normalized spacial score (nSPS) is 48.0. The average molecular weight is 391 g/mol. The summed E-state index contributed by atoms with van der Waals surface area (Å²) in [5.41, 5.74) is 0. The minimum absolute atomic E-state index is 0.0245. The van der Waals surface area contributed by atoms with Crippen LogP contribution >= 0.6 is 22.6 Å². The largest absolute Gasteiger partial charge is 0.469 e. The number of hydrogen-bond donors (Lipinski definition) is 1. The summed E-state index contributed by atoms with van der Waals surface area (Å²) >= 11 is 2.62. The van der Waals surface area contributed by atoms with E-state index in [1.54, 1.807) is 7.11 Å². The number of nitrogens with one attached hydrogen (secondary N) is 1. The van der Waals surface area contributed by atoms with Crippen LogP contribution in [0.4, 0.5) is 0 Å². The molecule has 5 unspecified atom stereocenters. The van der Waals surface area contributed by atoms with Crippen molar-refractivity contribution in [3.05, 3.63) is 0 Å². The predicted molar refractivity (Wildman–Crippen MR) is 87.9 cm³/mol. The van der Waals surface area contributed by atoms with Crippen LogP contribution in [0.1, 0.15) is 45.4 Å². The van der Waals surface area contributed by atoms with Gasteiger partial charge in [-0.05, 0) is 56.3 Å². The molecular formula is C16H26INO2.